The molecule has 1 saturated heterocycles. The summed E-state index contributed by atoms with van der Waals surface area (Å²) in [4.78, 5) is 14.8. The largest absolute Gasteiger partial charge is 0.323 e. The summed E-state index contributed by atoms with van der Waals surface area (Å²) in [6.45, 7) is 3.36. The van der Waals surface area contributed by atoms with Crippen molar-refractivity contribution in [3.8, 4) is 0 Å². The number of benzene rings is 2. The van der Waals surface area contributed by atoms with Crippen LogP contribution >= 0.6 is 23.2 Å². The highest BCUT2D eigenvalue weighted by Crippen LogP contribution is 2.29. The van der Waals surface area contributed by atoms with Gasteiger partial charge in [0.25, 0.3) is 0 Å². The van der Waals surface area contributed by atoms with E-state index < -0.39 is 16.1 Å². The van der Waals surface area contributed by atoms with Gasteiger partial charge in [-0.25, -0.2) is 8.42 Å². The number of carbonyl (C=O) groups excluding carboxylic acids is 1. The third kappa shape index (κ3) is 4.50. The highest BCUT2D eigenvalue weighted by Gasteiger charge is 2.31. The lowest BCUT2D eigenvalue weighted by molar-refractivity contribution is -0.121. The van der Waals surface area contributed by atoms with E-state index in [1.54, 1.807) is 55.5 Å². The van der Waals surface area contributed by atoms with E-state index >= 15 is 0 Å². The first-order valence-electron chi connectivity index (χ1n) is 8.85. The fourth-order valence-electron chi connectivity index (χ4n) is 3.08. The first-order chi connectivity index (χ1) is 13.3. The lowest BCUT2D eigenvalue weighted by Gasteiger charge is -2.36. The second-order valence-corrected chi connectivity index (χ2v) is 9.24. The van der Waals surface area contributed by atoms with Crippen molar-refractivity contribution >= 4 is 44.8 Å². The van der Waals surface area contributed by atoms with E-state index in [-0.39, 0.29) is 10.8 Å². The van der Waals surface area contributed by atoms with E-state index in [0.29, 0.717) is 41.9 Å². The minimum atomic E-state index is -3.52. The smallest absolute Gasteiger partial charge is 0.243 e. The number of halogens is 2. The van der Waals surface area contributed by atoms with Crippen molar-refractivity contribution in [1.82, 2.24) is 9.21 Å². The van der Waals surface area contributed by atoms with Crippen LogP contribution in [0.3, 0.4) is 0 Å². The molecular weight excluding hydrogens is 421 g/mol. The van der Waals surface area contributed by atoms with Crippen molar-refractivity contribution < 1.29 is 13.2 Å². The van der Waals surface area contributed by atoms with Gasteiger partial charge in [-0.3, -0.25) is 9.69 Å². The van der Waals surface area contributed by atoms with Gasteiger partial charge in [0, 0.05) is 26.2 Å². The number of piperazine rings is 1. The molecule has 2 aromatic carbocycles. The van der Waals surface area contributed by atoms with Crippen LogP contribution in [0, 0.1) is 0 Å². The lowest BCUT2D eigenvalue weighted by Crippen LogP contribution is -2.53. The molecule has 1 amide bonds. The minimum absolute atomic E-state index is 0.219. The molecule has 1 fully saturated rings. The fraction of sp³-hybridized carbons (Fsp3) is 0.316. The highest BCUT2D eigenvalue weighted by atomic mass is 35.5. The Labute approximate surface area is 175 Å². The van der Waals surface area contributed by atoms with Crippen molar-refractivity contribution in [2.45, 2.75) is 17.9 Å². The van der Waals surface area contributed by atoms with E-state index in [2.05, 4.69) is 5.32 Å². The first kappa shape index (κ1) is 21.1. The van der Waals surface area contributed by atoms with Gasteiger partial charge in [0.15, 0.2) is 0 Å². The molecule has 2 aromatic rings. The SMILES string of the molecule is C[C@@H](C(=O)Nc1cccc(Cl)c1Cl)N1CCN(S(=O)(=O)c2ccccc2)CC1. The molecule has 1 N–H and O–H groups in total. The van der Waals surface area contributed by atoms with Gasteiger partial charge in [-0.15, -0.1) is 0 Å². The zero-order valence-electron chi connectivity index (χ0n) is 15.3. The first-order valence-corrected chi connectivity index (χ1v) is 11.0. The number of nitrogens with one attached hydrogen (secondary N) is 1. The molecule has 0 aromatic heterocycles. The molecule has 0 unspecified atom stereocenters. The van der Waals surface area contributed by atoms with Gasteiger partial charge in [0.05, 0.1) is 26.7 Å². The van der Waals surface area contributed by atoms with Gasteiger partial charge in [0.1, 0.15) is 0 Å². The maximum atomic E-state index is 12.7. The standard InChI is InChI=1S/C19H21Cl2N3O3S/c1-14(19(25)22-17-9-5-8-16(20)18(17)21)23-10-12-24(13-11-23)28(26,27)15-6-3-2-4-7-15/h2-9,14H,10-13H2,1H3,(H,22,25)/t14-/m0/s1. The van der Waals surface area contributed by atoms with Crippen molar-refractivity contribution in [3.63, 3.8) is 0 Å². The number of hydrogen-bond donors (Lipinski definition) is 1. The molecule has 3 rings (SSSR count). The van der Waals surface area contributed by atoms with Crippen molar-refractivity contribution in [2.75, 3.05) is 31.5 Å². The second kappa shape index (κ2) is 8.80. The molecule has 1 aliphatic heterocycles. The lowest BCUT2D eigenvalue weighted by atomic mass is 10.2. The molecule has 9 heteroatoms. The monoisotopic (exact) mass is 441 g/mol. The number of hydrogen-bond acceptors (Lipinski definition) is 4. The predicted octanol–water partition coefficient (Wildman–Crippen LogP) is 3.33. The van der Waals surface area contributed by atoms with Crippen molar-refractivity contribution in [3.05, 3.63) is 58.6 Å². The number of anilines is 1. The Morgan fingerprint density at radius 1 is 1.00 bits per heavy atom. The van der Waals surface area contributed by atoms with Crippen LogP contribution in [-0.2, 0) is 14.8 Å². The summed E-state index contributed by atoms with van der Waals surface area (Å²) in [5.74, 6) is -0.219. The zero-order chi connectivity index (χ0) is 20.3. The molecular formula is C19H21Cl2N3O3S. The molecule has 1 aliphatic rings. The summed E-state index contributed by atoms with van der Waals surface area (Å²) >= 11 is 12.1. The normalized spacial score (nSPS) is 17.2. The van der Waals surface area contributed by atoms with Gasteiger partial charge in [-0.2, -0.15) is 4.31 Å². The number of nitrogens with zero attached hydrogens (tertiary/aromatic N) is 2. The summed E-state index contributed by atoms with van der Waals surface area (Å²) in [6, 6.07) is 13.0. The second-order valence-electron chi connectivity index (χ2n) is 6.52. The fourth-order valence-corrected chi connectivity index (χ4v) is 4.87. The number of rotatable bonds is 5. The molecule has 1 heterocycles. The molecule has 150 valence electrons. The predicted molar refractivity (Wildman–Crippen MR) is 111 cm³/mol. The molecule has 0 radical (unpaired) electrons. The molecule has 1 atom stereocenters. The van der Waals surface area contributed by atoms with Crippen molar-refractivity contribution in [2.24, 2.45) is 0 Å². The van der Waals surface area contributed by atoms with E-state index in [1.807, 2.05) is 4.90 Å². The van der Waals surface area contributed by atoms with Gasteiger partial charge in [0.2, 0.25) is 15.9 Å². The third-order valence-electron chi connectivity index (χ3n) is 4.79. The minimum Gasteiger partial charge on any atom is -0.323 e. The maximum absolute atomic E-state index is 12.7. The van der Waals surface area contributed by atoms with E-state index in [1.165, 1.54) is 4.31 Å². The van der Waals surface area contributed by atoms with Gasteiger partial charge in [-0.05, 0) is 31.2 Å². The van der Waals surface area contributed by atoms with Crippen LogP contribution in [0.25, 0.3) is 0 Å². The number of amides is 1. The van der Waals surface area contributed by atoms with Gasteiger partial charge >= 0.3 is 0 Å². The van der Waals surface area contributed by atoms with Crippen molar-refractivity contribution in [1.29, 1.82) is 0 Å². The van der Waals surface area contributed by atoms with Crippen LogP contribution < -0.4 is 5.32 Å². The van der Waals surface area contributed by atoms with Crippen LogP contribution in [0.5, 0.6) is 0 Å². The Balaban J connectivity index is 1.61. The van der Waals surface area contributed by atoms with Gasteiger partial charge in [-0.1, -0.05) is 47.5 Å². The van der Waals surface area contributed by atoms with E-state index in [0.717, 1.165) is 0 Å². The molecule has 0 saturated carbocycles. The quantitative estimate of drug-likeness (QED) is 0.772. The third-order valence-corrected chi connectivity index (χ3v) is 7.52. The maximum Gasteiger partial charge on any atom is 0.243 e. The number of sulfonamides is 1. The van der Waals surface area contributed by atoms with Crippen LogP contribution in [0.15, 0.2) is 53.4 Å². The zero-order valence-corrected chi connectivity index (χ0v) is 17.6. The summed E-state index contributed by atoms with van der Waals surface area (Å²) < 4.78 is 26.9. The van der Waals surface area contributed by atoms with E-state index in [9.17, 15) is 13.2 Å². The molecule has 6 nitrogen and oxygen atoms in total. The Kier molecular flexibility index (Phi) is 6.62. The summed E-state index contributed by atoms with van der Waals surface area (Å²) in [6.07, 6.45) is 0. The van der Waals surface area contributed by atoms with Crippen LogP contribution in [-0.4, -0.2) is 55.8 Å². The summed E-state index contributed by atoms with van der Waals surface area (Å²) in [7, 11) is -3.52. The van der Waals surface area contributed by atoms with Crippen LogP contribution in [0.2, 0.25) is 10.0 Å². The highest BCUT2D eigenvalue weighted by molar-refractivity contribution is 7.89. The summed E-state index contributed by atoms with van der Waals surface area (Å²) in [5, 5.41) is 3.45. The average molecular weight is 442 g/mol. The number of carbonyl (C=O) groups is 1. The molecule has 0 bridgehead atoms. The van der Waals surface area contributed by atoms with Crippen LogP contribution in [0.1, 0.15) is 6.92 Å². The Morgan fingerprint density at radius 2 is 1.64 bits per heavy atom. The average Bonchev–Trinajstić information content (AvgIpc) is 2.71. The molecule has 0 aliphatic carbocycles. The molecule has 28 heavy (non-hydrogen) atoms. The Hall–Kier alpha value is -1.64. The van der Waals surface area contributed by atoms with E-state index in [4.69, 9.17) is 23.2 Å². The Bertz CT molecular complexity index is 946. The van der Waals surface area contributed by atoms with Gasteiger partial charge < -0.3 is 5.32 Å². The van der Waals surface area contributed by atoms with Crippen LogP contribution in [0.4, 0.5) is 5.69 Å². The Morgan fingerprint density at radius 3 is 2.29 bits per heavy atom. The topological polar surface area (TPSA) is 69.7 Å². The summed E-state index contributed by atoms with van der Waals surface area (Å²) in [5.41, 5.74) is 0.455. The molecule has 0 spiro atoms.